The number of ether oxygens (including phenoxy) is 1. The first kappa shape index (κ1) is 17.5. The van der Waals surface area contributed by atoms with Crippen molar-refractivity contribution < 1.29 is 4.74 Å². The second kappa shape index (κ2) is 7.45. The molecule has 1 rings (SSSR count). The van der Waals surface area contributed by atoms with Gasteiger partial charge in [-0.05, 0) is 54.8 Å². The van der Waals surface area contributed by atoms with Gasteiger partial charge in [-0.3, -0.25) is 0 Å². The van der Waals surface area contributed by atoms with E-state index in [9.17, 15) is 0 Å². The molecule has 1 fully saturated rings. The molecule has 1 aliphatic rings. The summed E-state index contributed by atoms with van der Waals surface area (Å²) >= 11 is 3.76. The van der Waals surface area contributed by atoms with E-state index in [-0.39, 0.29) is 0 Å². The Hall–Kier alpha value is 0.440. The summed E-state index contributed by atoms with van der Waals surface area (Å²) in [6, 6.07) is 0. The van der Waals surface area contributed by atoms with Crippen molar-refractivity contribution in [2.45, 2.75) is 66.7 Å². The molecule has 0 radical (unpaired) electrons. The second-order valence-electron chi connectivity index (χ2n) is 7.99. The van der Waals surface area contributed by atoms with Crippen molar-refractivity contribution in [2.75, 3.05) is 18.5 Å². The molecule has 0 amide bonds. The summed E-state index contributed by atoms with van der Waals surface area (Å²) in [5.41, 5.74) is 0.978. The van der Waals surface area contributed by atoms with Crippen molar-refractivity contribution >= 4 is 15.9 Å². The van der Waals surface area contributed by atoms with Gasteiger partial charge in [0.2, 0.25) is 0 Å². The van der Waals surface area contributed by atoms with Gasteiger partial charge in [0.1, 0.15) is 0 Å². The molecule has 0 N–H and O–H groups in total. The molecule has 0 aliphatic heterocycles. The van der Waals surface area contributed by atoms with Crippen LogP contribution in [-0.4, -0.2) is 18.5 Å². The fraction of sp³-hybridized carbons (Fsp3) is 1.00. The minimum atomic E-state index is 0.479. The Kier molecular flexibility index (Phi) is 6.86. The van der Waals surface area contributed by atoms with Gasteiger partial charge in [-0.2, -0.15) is 0 Å². The molecular weight excluding hydrogens is 300 g/mol. The van der Waals surface area contributed by atoms with Gasteiger partial charge in [-0.25, -0.2) is 0 Å². The molecule has 1 nitrogen and oxygen atoms in total. The first-order valence-electron chi connectivity index (χ1n) is 7.93. The molecule has 0 aromatic heterocycles. The normalized spacial score (nSPS) is 28.9. The molecule has 1 aliphatic carbocycles. The lowest BCUT2D eigenvalue weighted by Gasteiger charge is -2.43. The van der Waals surface area contributed by atoms with Crippen LogP contribution in [0.15, 0.2) is 0 Å². The van der Waals surface area contributed by atoms with Gasteiger partial charge >= 0.3 is 0 Å². The summed E-state index contributed by atoms with van der Waals surface area (Å²) in [5.74, 6) is 1.55. The molecule has 19 heavy (non-hydrogen) atoms. The van der Waals surface area contributed by atoms with Crippen molar-refractivity contribution in [3.05, 3.63) is 0 Å². The number of halogens is 1. The van der Waals surface area contributed by atoms with Gasteiger partial charge in [0.15, 0.2) is 0 Å². The molecule has 0 aromatic rings. The highest BCUT2D eigenvalue weighted by Crippen LogP contribution is 2.47. The van der Waals surface area contributed by atoms with Crippen LogP contribution in [-0.2, 0) is 4.74 Å². The molecule has 0 atom stereocenters. The Morgan fingerprint density at radius 3 is 2.21 bits per heavy atom. The highest BCUT2D eigenvalue weighted by atomic mass is 79.9. The zero-order valence-corrected chi connectivity index (χ0v) is 15.2. The lowest BCUT2D eigenvalue weighted by Crippen LogP contribution is -2.34. The number of alkyl halides is 1. The van der Waals surface area contributed by atoms with Crippen LogP contribution in [0.5, 0.6) is 0 Å². The van der Waals surface area contributed by atoms with E-state index >= 15 is 0 Å². The van der Waals surface area contributed by atoms with Gasteiger partial charge in [0, 0.05) is 18.5 Å². The average Bonchev–Trinajstić information content (AvgIpc) is 2.34. The fourth-order valence-electron chi connectivity index (χ4n) is 3.15. The molecule has 114 valence electrons. The molecular formula is C17H33BrO. The van der Waals surface area contributed by atoms with Crippen molar-refractivity contribution in [2.24, 2.45) is 22.7 Å². The Bertz CT molecular complexity index is 246. The molecule has 0 spiro atoms. The van der Waals surface area contributed by atoms with E-state index in [0.29, 0.717) is 16.7 Å². The average molecular weight is 333 g/mol. The topological polar surface area (TPSA) is 9.23 Å². The second-order valence-corrected chi connectivity index (χ2v) is 8.55. The zero-order chi connectivity index (χ0) is 14.5. The lowest BCUT2D eigenvalue weighted by atomic mass is 9.64. The summed E-state index contributed by atoms with van der Waals surface area (Å²) in [6.07, 6.45) is 6.73. The van der Waals surface area contributed by atoms with E-state index in [4.69, 9.17) is 4.74 Å². The highest BCUT2D eigenvalue weighted by molar-refractivity contribution is 9.09. The number of hydrogen-bond acceptors (Lipinski definition) is 1. The molecule has 0 aromatic carbocycles. The zero-order valence-electron chi connectivity index (χ0n) is 13.6. The third kappa shape index (κ3) is 5.75. The standard InChI is InChI=1S/C17H33BrO/c1-14(2)12-19-11-10-17(13-18)8-6-15(7-9-17)16(3,4)5/h14-15H,6-13H2,1-5H3. The summed E-state index contributed by atoms with van der Waals surface area (Å²) in [6.45, 7) is 13.5. The third-order valence-corrected chi connectivity index (χ3v) is 5.97. The van der Waals surface area contributed by atoms with Gasteiger partial charge in [0.05, 0.1) is 0 Å². The maximum Gasteiger partial charge on any atom is 0.0488 e. The van der Waals surface area contributed by atoms with E-state index in [1.165, 1.54) is 32.1 Å². The van der Waals surface area contributed by atoms with Crippen molar-refractivity contribution in [1.82, 2.24) is 0 Å². The van der Waals surface area contributed by atoms with E-state index in [1.807, 2.05) is 0 Å². The Labute approximate surface area is 129 Å². The van der Waals surface area contributed by atoms with E-state index in [0.717, 1.165) is 24.5 Å². The summed E-state index contributed by atoms with van der Waals surface area (Å²) in [4.78, 5) is 0. The van der Waals surface area contributed by atoms with Gasteiger partial charge in [-0.15, -0.1) is 0 Å². The van der Waals surface area contributed by atoms with Crippen molar-refractivity contribution in [1.29, 1.82) is 0 Å². The predicted molar refractivity (Wildman–Crippen MR) is 87.9 cm³/mol. The Morgan fingerprint density at radius 1 is 1.21 bits per heavy atom. The maximum absolute atomic E-state index is 5.80. The number of rotatable bonds is 6. The lowest BCUT2D eigenvalue weighted by molar-refractivity contribution is 0.0478. The van der Waals surface area contributed by atoms with E-state index < -0.39 is 0 Å². The minimum absolute atomic E-state index is 0.479. The van der Waals surface area contributed by atoms with Gasteiger partial charge in [-0.1, -0.05) is 50.5 Å². The van der Waals surface area contributed by atoms with E-state index in [1.54, 1.807) is 0 Å². The molecule has 0 heterocycles. The summed E-state index contributed by atoms with van der Waals surface area (Å²) in [5, 5.41) is 1.14. The van der Waals surface area contributed by atoms with Gasteiger partial charge < -0.3 is 4.74 Å². The SMILES string of the molecule is CC(C)COCCC1(CBr)CCC(C(C)(C)C)CC1. The first-order chi connectivity index (χ1) is 8.79. The quantitative estimate of drug-likeness (QED) is 0.450. The van der Waals surface area contributed by atoms with Crippen LogP contribution in [0.1, 0.15) is 66.7 Å². The van der Waals surface area contributed by atoms with Crippen LogP contribution in [0, 0.1) is 22.7 Å². The summed E-state index contributed by atoms with van der Waals surface area (Å²) < 4.78 is 5.80. The van der Waals surface area contributed by atoms with Crippen LogP contribution in [0.2, 0.25) is 0 Å². The van der Waals surface area contributed by atoms with Crippen LogP contribution in [0.25, 0.3) is 0 Å². The van der Waals surface area contributed by atoms with Crippen molar-refractivity contribution in [3.63, 3.8) is 0 Å². The molecule has 2 heteroatoms. The molecule has 0 bridgehead atoms. The third-order valence-electron chi connectivity index (χ3n) is 4.78. The van der Waals surface area contributed by atoms with Crippen LogP contribution < -0.4 is 0 Å². The van der Waals surface area contributed by atoms with Crippen molar-refractivity contribution in [3.8, 4) is 0 Å². The largest absolute Gasteiger partial charge is 0.381 e. The van der Waals surface area contributed by atoms with E-state index in [2.05, 4.69) is 50.5 Å². The monoisotopic (exact) mass is 332 g/mol. The summed E-state index contributed by atoms with van der Waals surface area (Å²) in [7, 11) is 0. The minimum Gasteiger partial charge on any atom is -0.381 e. The van der Waals surface area contributed by atoms with Gasteiger partial charge in [0.25, 0.3) is 0 Å². The van der Waals surface area contributed by atoms with Crippen LogP contribution in [0.4, 0.5) is 0 Å². The van der Waals surface area contributed by atoms with Crippen LogP contribution in [0.3, 0.4) is 0 Å². The molecule has 0 saturated heterocycles. The Balaban J connectivity index is 2.38. The highest BCUT2D eigenvalue weighted by Gasteiger charge is 2.37. The van der Waals surface area contributed by atoms with Crippen LogP contribution >= 0.6 is 15.9 Å². The first-order valence-corrected chi connectivity index (χ1v) is 9.05. The molecule has 1 saturated carbocycles. The smallest absolute Gasteiger partial charge is 0.0488 e. The maximum atomic E-state index is 5.80. The number of hydrogen-bond donors (Lipinski definition) is 0. The predicted octanol–water partition coefficient (Wildman–Crippen LogP) is 5.67. The Morgan fingerprint density at radius 2 is 1.79 bits per heavy atom. The molecule has 0 unspecified atom stereocenters. The fourth-order valence-corrected chi connectivity index (χ4v) is 4.00.